The van der Waals surface area contributed by atoms with E-state index in [9.17, 15) is 0 Å². The van der Waals surface area contributed by atoms with E-state index in [1.807, 2.05) is 6.92 Å². The van der Waals surface area contributed by atoms with Gasteiger partial charge in [0.05, 0.1) is 0 Å². The summed E-state index contributed by atoms with van der Waals surface area (Å²) in [5.41, 5.74) is 0. The van der Waals surface area contributed by atoms with Crippen LogP contribution in [0.1, 0.15) is 6.92 Å². The van der Waals surface area contributed by atoms with Crippen LogP contribution in [0.25, 0.3) is 0 Å². The van der Waals surface area contributed by atoms with Crippen molar-refractivity contribution in [2.24, 2.45) is 0 Å². The molecule has 4 heteroatoms. The maximum absolute atomic E-state index is 3.18. The van der Waals surface area contributed by atoms with Crippen LogP contribution in [0.4, 0.5) is 0 Å². The fourth-order valence-corrected chi connectivity index (χ4v) is 0. The van der Waals surface area contributed by atoms with Crippen LogP contribution >= 0.6 is 37.2 Å². The summed E-state index contributed by atoms with van der Waals surface area (Å²) in [6.07, 6.45) is 0. The summed E-state index contributed by atoms with van der Waals surface area (Å²) in [6, 6.07) is 1.06. The van der Waals surface area contributed by atoms with Gasteiger partial charge in [-0.15, -0.1) is 37.2 Å². The minimum Gasteiger partial charge on any atom is -0.147 e. The van der Waals surface area contributed by atoms with Crippen LogP contribution in [-0.2, 0) is 0 Å². The number of hydrogen-bond donors (Lipinski definition) is 0. The largest absolute Gasteiger partial charge is 0.147 e. The molecule has 0 aliphatic heterocycles. The first-order chi connectivity index (χ1) is 1.41. The Morgan fingerprint density at radius 3 is 1.17 bits per heavy atom. The molecule has 0 aliphatic carbocycles. The lowest BCUT2D eigenvalue weighted by atomic mass is 11.0. The summed E-state index contributed by atoms with van der Waals surface area (Å²) >= 11 is 0. The zero-order valence-electron chi connectivity index (χ0n) is 3.43. The average Bonchev–Trinajstić information content (AvgIpc) is 0.918. The quantitative estimate of drug-likeness (QED) is 0.482. The lowest BCUT2D eigenvalue weighted by Gasteiger charge is -1.46. The summed E-state index contributed by atoms with van der Waals surface area (Å²) in [7, 11) is 3.18. The minimum atomic E-state index is 0. The molecule has 0 N–H and O–H groups in total. The van der Waals surface area contributed by atoms with Crippen LogP contribution in [0, 0.1) is 0 Å². The second-order valence-electron chi connectivity index (χ2n) is 0.354. The predicted octanol–water partition coefficient (Wildman–Crippen LogP) is 1.86. The average molecular weight is 167 g/mol. The Morgan fingerprint density at radius 2 is 1.17 bits per heavy atom. The molecule has 0 aromatic rings. The molecule has 3 radical (unpaired) electrons. The zero-order chi connectivity index (χ0) is 2.71. The molecular weight excluding hydrogens is 158 g/mol. The van der Waals surface area contributed by atoms with E-state index in [2.05, 4.69) is 10.2 Å². The lowest BCUT2D eigenvalue weighted by Crippen LogP contribution is -1.41. The van der Waals surface area contributed by atoms with Crippen molar-refractivity contribution in [3.05, 3.63) is 0 Å². The molecule has 0 saturated heterocycles. The first-order valence-electron chi connectivity index (χ1n) is 1.06. The highest BCUT2D eigenvalue weighted by Gasteiger charge is 1.37. The van der Waals surface area contributed by atoms with Crippen molar-refractivity contribution in [3.63, 3.8) is 0 Å². The first-order valence-corrected chi connectivity index (χ1v) is 1.77. The standard InChI is InChI=1S/C2H5Si.3ClH/c1-2-3;;;/h2H2,1H3;3*1H. The van der Waals surface area contributed by atoms with E-state index in [0.29, 0.717) is 0 Å². The molecule has 41 valence electrons. The van der Waals surface area contributed by atoms with Crippen molar-refractivity contribution in [3.8, 4) is 0 Å². The molecule has 0 aromatic heterocycles. The van der Waals surface area contributed by atoms with Gasteiger partial charge in [-0.3, -0.25) is 0 Å². The molecular formula is C2H8Cl3Si. The third kappa shape index (κ3) is 71.9. The van der Waals surface area contributed by atoms with Crippen molar-refractivity contribution >= 4 is 47.5 Å². The van der Waals surface area contributed by atoms with Crippen LogP contribution < -0.4 is 0 Å². The first kappa shape index (κ1) is 27.6. The topological polar surface area (TPSA) is 0 Å². The summed E-state index contributed by atoms with van der Waals surface area (Å²) in [6.45, 7) is 2.04. The van der Waals surface area contributed by atoms with Crippen molar-refractivity contribution in [2.45, 2.75) is 13.0 Å². The Morgan fingerprint density at radius 1 is 1.17 bits per heavy atom. The maximum atomic E-state index is 3.18. The van der Waals surface area contributed by atoms with Crippen LogP contribution in [0.5, 0.6) is 0 Å². The molecule has 0 rings (SSSR count). The van der Waals surface area contributed by atoms with E-state index in [4.69, 9.17) is 0 Å². The van der Waals surface area contributed by atoms with Gasteiger partial charge < -0.3 is 0 Å². The van der Waals surface area contributed by atoms with Gasteiger partial charge in [-0.25, -0.2) is 0 Å². The van der Waals surface area contributed by atoms with Gasteiger partial charge in [0, 0.05) is 10.2 Å². The van der Waals surface area contributed by atoms with E-state index >= 15 is 0 Å². The minimum absolute atomic E-state index is 0. The third-order valence-corrected chi connectivity index (χ3v) is 0. The van der Waals surface area contributed by atoms with E-state index in [0.717, 1.165) is 6.04 Å². The molecule has 0 fully saturated rings. The van der Waals surface area contributed by atoms with Gasteiger partial charge in [0.1, 0.15) is 0 Å². The van der Waals surface area contributed by atoms with Gasteiger partial charge >= 0.3 is 0 Å². The van der Waals surface area contributed by atoms with Crippen LogP contribution in [0.2, 0.25) is 6.04 Å². The molecule has 0 amide bonds. The summed E-state index contributed by atoms with van der Waals surface area (Å²) < 4.78 is 0. The van der Waals surface area contributed by atoms with E-state index in [-0.39, 0.29) is 37.2 Å². The van der Waals surface area contributed by atoms with E-state index in [1.54, 1.807) is 0 Å². The van der Waals surface area contributed by atoms with Gasteiger partial charge in [-0.05, 0) is 0 Å². The number of halogens is 3. The Labute approximate surface area is 60.7 Å². The highest BCUT2D eigenvalue weighted by molar-refractivity contribution is 6.08. The fourth-order valence-electron chi connectivity index (χ4n) is 0. The molecule has 0 atom stereocenters. The Balaban J connectivity index is -0.00000000667. The second kappa shape index (κ2) is 36.2. The van der Waals surface area contributed by atoms with Crippen LogP contribution in [0.15, 0.2) is 0 Å². The Kier molecular flexibility index (Phi) is 166. The molecule has 0 heterocycles. The van der Waals surface area contributed by atoms with Crippen molar-refractivity contribution in [1.29, 1.82) is 0 Å². The Hall–Kier alpha value is 1.09. The monoisotopic (exact) mass is 165 g/mol. The molecule has 0 bridgehead atoms. The highest BCUT2D eigenvalue weighted by atomic mass is 35.5. The molecule has 6 heavy (non-hydrogen) atoms. The van der Waals surface area contributed by atoms with Gasteiger partial charge in [0.15, 0.2) is 0 Å². The summed E-state index contributed by atoms with van der Waals surface area (Å²) in [5.74, 6) is 0. The van der Waals surface area contributed by atoms with Crippen molar-refractivity contribution < 1.29 is 0 Å². The number of rotatable bonds is 0. The molecule has 0 saturated carbocycles. The fraction of sp³-hybridized carbons (Fsp3) is 1.00. The smallest absolute Gasteiger partial charge is 0.0219 e. The predicted molar refractivity (Wildman–Crippen MR) is 38.0 cm³/mol. The highest BCUT2D eigenvalue weighted by Crippen LogP contribution is 1.49. The van der Waals surface area contributed by atoms with Crippen molar-refractivity contribution in [1.82, 2.24) is 0 Å². The summed E-state index contributed by atoms with van der Waals surface area (Å²) in [5, 5.41) is 0. The van der Waals surface area contributed by atoms with E-state index in [1.165, 1.54) is 0 Å². The molecule has 0 spiro atoms. The van der Waals surface area contributed by atoms with Crippen molar-refractivity contribution in [2.75, 3.05) is 0 Å². The number of hydrogen-bond acceptors (Lipinski definition) is 0. The molecule has 0 aliphatic rings. The van der Waals surface area contributed by atoms with E-state index < -0.39 is 0 Å². The second-order valence-corrected chi connectivity index (χ2v) is 1.06. The zero-order valence-corrected chi connectivity index (χ0v) is 6.88. The molecule has 0 unspecified atom stereocenters. The summed E-state index contributed by atoms with van der Waals surface area (Å²) in [4.78, 5) is 0. The molecule has 0 nitrogen and oxygen atoms in total. The maximum Gasteiger partial charge on any atom is 0.0219 e. The lowest BCUT2D eigenvalue weighted by molar-refractivity contribution is 1.48. The SMILES string of the molecule is CC[Si].Cl.Cl.Cl. The van der Waals surface area contributed by atoms with Gasteiger partial charge in [-0.1, -0.05) is 13.0 Å². The van der Waals surface area contributed by atoms with Gasteiger partial charge in [0.2, 0.25) is 0 Å². The Bertz CT molecular complexity index is 8.75. The van der Waals surface area contributed by atoms with Crippen LogP contribution in [0.3, 0.4) is 0 Å². The third-order valence-electron chi connectivity index (χ3n) is 0. The molecule has 0 aromatic carbocycles. The van der Waals surface area contributed by atoms with Crippen LogP contribution in [-0.4, -0.2) is 10.2 Å². The van der Waals surface area contributed by atoms with Gasteiger partial charge in [0.25, 0.3) is 0 Å². The normalized spacial score (nSPS) is 3.00. The van der Waals surface area contributed by atoms with Gasteiger partial charge in [-0.2, -0.15) is 0 Å².